The smallest absolute Gasteiger partial charge is 0.353 e. The van der Waals surface area contributed by atoms with Gasteiger partial charge in [0.05, 0.1) is 29.6 Å². The van der Waals surface area contributed by atoms with Crippen LogP contribution in [0.15, 0.2) is 70.7 Å². The standard InChI is InChI=1S/C24H18N2O6S/c1-14-18(22(27)26(25-14)17-8-6-16(7-9-17)23(28)29)12-15-5-10-19(20(13-15)31-2)32-24(30)21-4-3-11-33-21/h3-13H,1-2H3,(H,28,29). The highest BCUT2D eigenvalue weighted by Crippen LogP contribution is 2.31. The SMILES string of the molecule is COc1cc(C=C2C(=O)N(c3ccc(C(=O)O)cc3)N=C2C)ccc1OC(=O)c1cccs1. The second-order valence-corrected chi connectivity index (χ2v) is 7.94. The van der Waals surface area contributed by atoms with Crippen LogP contribution in [-0.2, 0) is 4.79 Å². The maximum absolute atomic E-state index is 13.0. The maximum Gasteiger partial charge on any atom is 0.353 e. The van der Waals surface area contributed by atoms with Gasteiger partial charge in [0, 0.05) is 0 Å². The summed E-state index contributed by atoms with van der Waals surface area (Å²) in [6.07, 6.45) is 1.67. The van der Waals surface area contributed by atoms with Gasteiger partial charge in [-0.25, -0.2) is 9.59 Å². The van der Waals surface area contributed by atoms with Gasteiger partial charge in [0.2, 0.25) is 0 Å². The van der Waals surface area contributed by atoms with E-state index in [4.69, 9.17) is 14.6 Å². The van der Waals surface area contributed by atoms with Crippen LogP contribution in [0.4, 0.5) is 5.69 Å². The van der Waals surface area contributed by atoms with Crippen LogP contribution >= 0.6 is 11.3 Å². The molecule has 166 valence electrons. The molecule has 1 amide bonds. The Morgan fingerprint density at radius 1 is 1.09 bits per heavy atom. The Hall–Kier alpha value is -4.24. The first-order valence-electron chi connectivity index (χ1n) is 9.76. The Bertz CT molecular complexity index is 1290. The molecule has 33 heavy (non-hydrogen) atoms. The van der Waals surface area contributed by atoms with E-state index >= 15 is 0 Å². The van der Waals surface area contributed by atoms with E-state index in [0.717, 1.165) is 0 Å². The summed E-state index contributed by atoms with van der Waals surface area (Å²) in [7, 11) is 1.46. The zero-order chi connectivity index (χ0) is 23.5. The molecule has 2 aromatic carbocycles. The normalized spacial score (nSPS) is 14.4. The fourth-order valence-corrected chi connectivity index (χ4v) is 3.77. The van der Waals surface area contributed by atoms with Gasteiger partial charge in [-0.1, -0.05) is 12.1 Å². The zero-order valence-corrected chi connectivity index (χ0v) is 18.5. The number of amides is 1. The monoisotopic (exact) mass is 462 g/mol. The number of carbonyl (C=O) groups excluding carboxylic acids is 2. The summed E-state index contributed by atoms with van der Waals surface area (Å²) in [5.74, 6) is -1.26. The van der Waals surface area contributed by atoms with Crippen LogP contribution in [0.3, 0.4) is 0 Å². The molecular formula is C24H18N2O6S. The number of carboxylic acids is 1. The molecule has 0 radical (unpaired) electrons. The van der Waals surface area contributed by atoms with E-state index in [2.05, 4.69) is 5.10 Å². The van der Waals surface area contributed by atoms with Gasteiger partial charge >= 0.3 is 11.9 Å². The lowest BCUT2D eigenvalue weighted by Gasteiger charge is -2.12. The molecule has 0 aliphatic carbocycles. The topological polar surface area (TPSA) is 106 Å². The lowest BCUT2D eigenvalue weighted by Crippen LogP contribution is -2.21. The number of nitrogens with zero attached hydrogens (tertiary/aromatic N) is 2. The fraction of sp³-hybridized carbons (Fsp3) is 0.0833. The van der Waals surface area contributed by atoms with Crippen LogP contribution in [0.25, 0.3) is 6.08 Å². The number of hydrogen-bond donors (Lipinski definition) is 1. The Labute approximate surface area is 193 Å². The third kappa shape index (κ3) is 4.53. The number of aromatic carboxylic acids is 1. The van der Waals surface area contributed by atoms with Crippen molar-refractivity contribution in [1.29, 1.82) is 0 Å². The lowest BCUT2D eigenvalue weighted by atomic mass is 10.1. The van der Waals surface area contributed by atoms with Gasteiger partial charge < -0.3 is 14.6 Å². The molecule has 1 aliphatic heterocycles. The van der Waals surface area contributed by atoms with Crippen LogP contribution in [0.2, 0.25) is 0 Å². The number of ether oxygens (including phenoxy) is 2. The van der Waals surface area contributed by atoms with Crippen LogP contribution in [0.5, 0.6) is 11.5 Å². The molecule has 0 saturated carbocycles. The molecule has 2 heterocycles. The van der Waals surface area contributed by atoms with Crippen molar-refractivity contribution in [3.63, 3.8) is 0 Å². The molecule has 0 saturated heterocycles. The van der Waals surface area contributed by atoms with Gasteiger partial charge in [-0.15, -0.1) is 11.3 Å². The molecule has 1 aliphatic rings. The first kappa shape index (κ1) is 22.0. The van der Waals surface area contributed by atoms with E-state index in [-0.39, 0.29) is 17.2 Å². The number of carboxylic acid groups (broad SMARTS) is 1. The van der Waals surface area contributed by atoms with Crippen molar-refractivity contribution < 1.29 is 29.0 Å². The number of methoxy groups -OCH3 is 1. The Morgan fingerprint density at radius 2 is 1.85 bits per heavy atom. The number of hydrazone groups is 1. The molecule has 1 N–H and O–H groups in total. The van der Waals surface area contributed by atoms with E-state index < -0.39 is 11.9 Å². The number of esters is 1. The van der Waals surface area contributed by atoms with Crippen LogP contribution in [0, 0.1) is 0 Å². The highest BCUT2D eigenvalue weighted by atomic mass is 32.1. The molecule has 1 aromatic heterocycles. The number of carbonyl (C=O) groups is 3. The average molecular weight is 462 g/mol. The van der Waals surface area contributed by atoms with Crippen molar-refractivity contribution in [2.75, 3.05) is 12.1 Å². The first-order valence-corrected chi connectivity index (χ1v) is 10.6. The van der Waals surface area contributed by atoms with Crippen molar-refractivity contribution >= 4 is 46.7 Å². The van der Waals surface area contributed by atoms with Crippen LogP contribution in [0.1, 0.15) is 32.5 Å². The van der Waals surface area contributed by atoms with Crippen molar-refractivity contribution in [2.45, 2.75) is 6.92 Å². The molecule has 0 unspecified atom stereocenters. The van der Waals surface area contributed by atoms with Crippen molar-refractivity contribution in [3.8, 4) is 11.5 Å². The summed E-state index contributed by atoms with van der Waals surface area (Å²) < 4.78 is 10.8. The third-order valence-electron chi connectivity index (χ3n) is 4.85. The molecule has 4 rings (SSSR count). The van der Waals surface area contributed by atoms with Crippen LogP contribution < -0.4 is 14.5 Å². The predicted molar refractivity (Wildman–Crippen MR) is 124 cm³/mol. The van der Waals surface area contributed by atoms with Gasteiger partial charge in [0.15, 0.2) is 11.5 Å². The van der Waals surface area contributed by atoms with Gasteiger partial charge in [0.1, 0.15) is 4.88 Å². The van der Waals surface area contributed by atoms with Gasteiger partial charge in [-0.3, -0.25) is 4.79 Å². The van der Waals surface area contributed by atoms with E-state index in [9.17, 15) is 14.4 Å². The van der Waals surface area contributed by atoms with Crippen LogP contribution in [-0.4, -0.2) is 35.8 Å². The second-order valence-electron chi connectivity index (χ2n) is 6.99. The Kier molecular flexibility index (Phi) is 6.05. The van der Waals surface area contributed by atoms with E-state index in [1.807, 2.05) is 0 Å². The number of thiophene rings is 1. The summed E-state index contributed by atoms with van der Waals surface area (Å²) in [6, 6.07) is 14.3. The van der Waals surface area contributed by atoms with E-state index in [1.54, 1.807) is 48.7 Å². The van der Waals surface area contributed by atoms with Crippen molar-refractivity contribution in [3.05, 3.63) is 81.6 Å². The summed E-state index contributed by atoms with van der Waals surface area (Å²) in [5.41, 5.74) is 2.12. The highest BCUT2D eigenvalue weighted by molar-refractivity contribution is 7.12. The minimum Gasteiger partial charge on any atom is -0.493 e. The molecule has 0 fully saturated rings. The summed E-state index contributed by atoms with van der Waals surface area (Å²) in [4.78, 5) is 36.7. The van der Waals surface area contributed by atoms with E-state index in [0.29, 0.717) is 33.2 Å². The van der Waals surface area contributed by atoms with Crippen molar-refractivity contribution in [1.82, 2.24) is 0 Å². The van der Waals surface area contributed by atoms with Gasteiger partial charge in [0.25, 0.3) is 5.91 Å². The minimum absolute atomic E-state index is 0.119. The Balaban J connectivity index is 1.57. The van der Waals surface area contributed by atoms with E-state index in [1.165, 1.54) is 47.7 Å². The summed E-state index contributed by atoms with van der Waals surface area (Å²) in [6.45, 7) is 1.71. The number of hydrogen-bond acceptors (Lipinski definition) is 7. The lowest BCUT2D eigenvalue weighted by molar-refractivity contribution is -0.114. The maximum atomic E-state index is 13.0. The second kappa shape index (κ2) is 9.09. The van der Waals surface area contributed by atoms with Gasteiger partial charge in [-0.2, -0.15) is 10.1 Å². The summed E-state index contributed by atoms with van der Waals surface area (Å²) in [5, 5.41) is 16.4. The molecule has 0 atom stereocenters. The average Bonchev–Trinajstić information content (AvgIpc) is 3.45. The predicted octanol–water partition coefficient (Wildman–Crippen LogP) is 4.48. The molecule has 9 heteroatoms. The largest absolute Gasteiger partial charge is 0.493 e. The summed E-state index contributed by atoms with van der Waals surface area (Å²) >= 11 is 1.28. The quantitative estimate of drug-likeness (QED) is 0.329. The molecule has 0 bridgehead atoms. The molecule has 8 nitrogen and oxygen atoms in total. The third-order valence-corrected chi connectivity index (χ3v) is 5.69. The highest BCUT2D eigenvalue weighted by Gasteiger charge is 2.29. The number of rotatable bonds is 6. The van der Waals surface area contributed by atoms with Gasteiger partial charge in [-0.05, 0) is 66.4 Å². The minimum atomic E-state index is -1.05. The zero-order valence-electron chi connectivity index (χ0n) is 17.6. The molecule has 3 aromatic rings. The molecule has 0 spiro atoms. The first-order chi connectivity index (χ1) is 15.9. The molecular weight excluding hydrogens is 444 g/mol. The Morgan fingerprint density at radius 3 is 2.48 bits per heavy atom. The number of benzene rings is 2. The van der Waals surface area contributed by atoms with Crippen molar-refractivity contribution in [2.24, 2.45) is 5.10 Å². The number of anilines is 1. The fourth-order valence-electron chi connectivity index (χ4n) is 3.17.